The van der Waals surface area contributed by atoms with Crippen LogP contribution in [0.1, 0.15) is 39.8 Å². The van der Waals surface area contributed by atoms with Crippen LogP contribution < -0.4 is 0 Å². The van der Waals surface area contributed by atoms with Crippen molar-refractivity contribution in [2.45, 2.75) is 39.8 Å². The molecule has 6 rings (SSSR count). The molecule has 0 radical (unpaired) electrons. The van der Waals surface area contributed by atoms with Crippen LogP contribution in [0.3, 0.4) is 0 Å². The predicted octanol–water partition coefficient (Wildman–Crippen LogP) is 6.31. The molecule has 0 bridgehead atoms. The molecule has 6 heteroatoms. The third kappa shape index (κ3) is 2.59. The van der Waals surface area contributed by atoms with Crippen LogP contribution in [0.15, 0.2) is 61.2 Å². The first kappa shape index (κ1) is 18.9. The van der Waals surface area contributed by atoms with Gasteiger partial charge in [-0.15, -0.1) is 0 Å². The molecule has 0 spiro atoms. The molecule has 0 aliphatic heterocycles. The molecule has 158 valence electrons. The number of rotatable bonds is 3. The molecule has 0 aliphatic rings. The molecule has 0 saturated heterocycles. The van der Waals surface area contributed by atoms with Crippen LogP contribution >= 0.6 is 0 Å². The molecule has 1 aromatic carbocycles. The number of hydrogen-bond donors (Lipinski definition) is 0. The van der Waals surface area contributed by atoms with Gasteiger partial charge < -0.3 is 9.13 Å². The van der Waals surface area contributed by atoms with Gasteiger partial charge in [0.15, 0.2) is 5.65 Å². The molecule has 5 heterocycles. The van der Waals surface area contributed by atoms with E-state index in [1.54, 1.807) is 12.4 Å². The summed E-state index contributed by atoms with van der Waals surface area (Å²) in [6, 6.07) is 13.4. The summed E-state index contributed by atoms with van der Waals surface area (Å²) in [6.07, 6.45) is 7.35. The third-order valence-electron chi connectivity index (χ3n) is 6.18. The van der Waals surface area contributed by atoms with Crippen LogP contribution in [-0.2, 0) is 0 Å². The maximum absolute atomic E-state index is 4.89. The monoisotopic (exact) mass is 420 g/mol. The molecule has 0 N–H and O–H groups in total. The van der Waals surface area contributed by atoms with E-state index in [1.807, 2.05) is 18.5 Å². The highest BCUT2D eigenvalue weighted by molar-refractivity contribution is 6.07. The number of nitrogens with zero attached hydrogens (tertiary/aromatic N) is 6. The maximum atomic E-state index is 4.89. The Morgan fingerprint density at radius 1 is 0.625 bits per heavy atom. The second-order valence-electron chi connectivity index (χ2n) is 8.85. The SMILES string of the molecule is CC(C)n1c2cccnc2c2cc(-c3ccc4c5nccnc5n(C(C)C)c4c3)cnc21. The summed E-state index contributed by atoms with van der Waals surface area (Å²) in [5.41, 5.74) is 8.30. The number of benzene rings is 1. The van der Waals surface area contributed by atoms with E-state index in [2.05, 4.69) is 82.1 Å². The summed E-state index contributed by atoms with van der Waals surface area (Å²) in [5, 5.41) is 2.21. The highest BCUT2D eigenvalue weighted by Gasteiger charge is 2.18. The van der Waals surface area contributed by atoms with Gasteiger partial charge in [0.1, 0.15) is 11.2 Å². The van der Waals surface area contributed by atoms with Gasteiger partial charge in [-0.2, -0.15) is 0 Å². The summed E-state index contributed by atoms with van der Waals surface area (Å²) in [4.78, 5) is 18.8. The average molecular weight is 421 g/mol. The summed E-state index contributed by atoms with van der Waals surface area (Å²) in [6.45, 7) is 8.73. The van der Waals surface area contributed by atoms with Crippen LogP contribution in [0.5, 0.6) is 0 Å². The Kier molecular flexibility index (Phi) is 4.05. The minimum Gasteiger partial charge on any atom is -0.321 e. The Morgan fingerprint density at radius 3 is 2.19 bits per heavy atom. The second kappa shape index (κ2) is 6.85. The van der Waals surface area contributed by atoms with E-state index in [9.17, 15) is 0 Å². The normalized spacial score (nSPS) is 12.3. The lowest BCUT2D eigenvalue weighted by molar-refractivity contribution is 0.637. The number of pyridine rings is 2. The van der Waals surface area contributed by atoms with E-state index in [1.165, 1.54) is 0 Å². The lowest BCUT2D eigenvalue weighted by Crippen LogP contribution is -2.01. The molecular formula is C26H24N6. The number of hydrogen-bond acceptors (Lipinski definition) is 4. The summed E-state index contributed by atoms with van der Waals surface area (Å²) in [7, 11) is 0. The molecule has 6 aromatic rings. The van der Waals surface area contributed by atoms with E-state index < -0.39 is 0 Å². The van der Waals surface area contributed by atoms with Crippen molar-refractivity contribution in [3.8, 4) is 11.1 Å². The van der Waals surface area contributed by atoms with E-state index in [0.29, 0.717) is 6.04 Å². The topological polar surface area (TPSA) is 61.4 Å². The van der Waals surface area contributed by atoms with Gasteiger partial charge in [-0.25, -0.2) is 9.97 Å². The first-order chi connectivity index (χ1) is 15.5. The smallest absolute Gasteiger partial charge is 0.160 e. The second-order valence-corrected chi connectivity index (χ2v) is 8.85. The van der Waals surface area contributed by atoms with Gasteiger partial charge in [0.25, 0.3) is 0 Å². The Hall–Kier alpha value is -3.80. The maximum Gasteiger partial charge on any atom is 0.160 e. The third-order valence-corrected chi connectivity index (χ3v) is 6.18. The zero-order chi connectivity index (χ0) is 22.0. The molecule has 32 heavy (non-hydrogen) atoms. The quantitative estimate of drug-likeness (QED) is 0.336. The molecular weight excluding hydrogens is 396 g/mol. The van der Waals surface area contributed by atoms with Crippen molar-refractivity contribution in [3.05, 3.63) is 61.2 Å². The minimum atomic E-state index is 0.274. The van der Waals surface area contributed by atoms with Crippen LogP contribution in [0.4, 0.5) is 0 Å². The van der Waals surface area contributed by atoms with Crippen molar-refractivity contribution in [2.24, 2.45) is 0 Å². The Morgan fingerprint density at radius 2 is 1.38 bits per heavy atom. The van der Waals surface area contributed by atoms with E-state index in [0.717, 1.165) is 55.3 Å². The van der Waals surface area contributed by atoms with Gasteiger partial charge in [-0.3, -0.25) is 9.97 Å². The zero-order valence-corrected chi connectivity index (χ0v) is 18.6. The predicted molar refractivity (Wildman–Crippen MR) is 130 cm³/mol. The first-order valence-electron chi connectivity index (χ1n) is 11.0. The lowest BCUT2D eigenvalue weighted by Gasteiger charge is -2.12. The lowest BCUT2D eigenvalue weighted by atomic mass is 10.0. The number of aromatic nitrogens is 6. The van der Waals surface area contributed by atoms with Crippen molar-refractivity contribution in [1.29, 1.82) is 0 Å². The molecule has 0 amide bonds. The fourth-order valence-electron chi connectivity index (χ4n) is 4.86. The molecule has 0 unspecified atom stereocenters. The van der Waals surface area contributed by atoms with Gasteiger partial charge in [0.2, 0.25) is 0 Å². The van der Waals surface area contributed by atoms with Crippen LogP contribution in [0.2, 0.25) is 0 Å². The number of fused-ring (bicyclic) bond motifs is 6. The van der Waals surface area contributed by atoms with Gasteiger partial charge in [-0.1, -0.05) is 6.07 Å². The average Bonchev–Trinajstić information content (AvgIpc) is 3.31. The molecule has 6 nitrogen and oxygen atoms in total. The van der Waals surface area contributed by atoms with Crippen molar-refractivity contribution in [2.75, 3.05) is 0 Å². The Bertz CT molecular complexity index is 1640. The molecule has 0 atom stereocenters. The standard InChI is InChI=1S/C26H24N6/c1-15(2)31-21-6-5-9-27-23(21)20-12-18(14-30-25(20)31)17-7-8-19-22(13-17)32(16(3)4)26-24(19)28-10-11-29-26/h5-16H,1-4H3. The van der Waals surface area contributed by atoms with Crippen molar-refractivity contribution >= 4 is 44.1 Å². The van der Waals surface area contributed by atoms with Crippen LogP contribution in [-0.4, -0.2) is 29.1 Å². The van der Waals surface area contributed by atoms with E-state index in [4.69, 9.17) is 4.98 Å². The van der Waals surface area contributed by atoms with Crippen molar-refractivity contribution in [1.82, 2.24) is 29.1 Å². The van der Waals surface area contributed by atoms with Gasteiger partial charge in [0, 0.05) is 53.2 Å². The fraction of sp³-hybridized carbons (Fsp3) is 0.231. The highest BCUT2D eigenvalue weighted by Crippen LogP contribution is 2.35. The molecule has 0 aliphatic carbocycles. The van der Waals surface area contributed by atoms with Crippen LogP contribution in [0, 0.1) is 0 Å². The minimum absolute atomic E-state index is 0.274. The van der Waals surface area contributed by atoms with E-state index >= 15 is 0 Å². The van der Waals surface area contributed by atoms with Gasteiger partial charge in [0.05, 0.1) is 16.6 Å². The largest absolute Gasteiger partial charge is 0.321 e. The molecule has 0 saturated carbocycles. The summed E-state index contributed by atoms with van der Waals surface area (Å²) >= 11 is 0. The van der Waals surface area contributed by atoms with Crippen molar-refractivity contribution in [3.63, 3.8) is 0 Å². The van der Waals surface area contributed by atoms with Crippen molar-refractivity contribution < 1.29 is 0 Å². The van der Waals surface area contributed by atoms with Gasteiger partial charge >= 0.3 is 0 Å². The molecule has 0 fully saturated rings. The Balaban J connectivity index is 1.62. The summed E-state index contributed by atoms with van der Waals surface area (Å²) < 4.78 is 4.53. The first-order valence-corrected chi connectivity index (χ1v) is 11.0. The van der Waals surface area contributed by atoms with Crippen LogP contribution in [0.25, 0.3) is 55.3 Å². The zero-order valence-electron chi connectivity index (χ0n) is 18.6. The molecule has 5 aromatic heterocycles. The summed E-state index contributed by atoms with van der Waals surface area (Å²) in [5.74, 6) is 0. The fourth-order valence-corrected chi connectivity index (χ4v) is 4.86. The van der Waals surface area contributed by atoms with Gasteiger partial charge in [-0.05, 0) is 63.6 Å². The highest BCUT2D eigenvalue weighted by atomic mass is 15.1. The Labute approximate surface area is 185 Å². The van der Waals surface area contributed by atoms with E-state index in [-0.39, 0.29) is 6.04 Å².